The quantitative estimate of drug-likeness (QED) is 0.498. The first-order valence-electron chi connectivity index (χ1n) is 7.55. The minimum atomic E-state index is -0.180. The highest BCUT2D eigenvalue weighted by atomic mass is 32.2. The number of aromatic amines is 1. The van der Waals surface area contributed by atoms with E-state index >= 15 is 0 Å². The lowest BCUT2D eigenvalue weighted by atomic mass is 10.0. The van der Waals surface area contributed by atoms with Crippen LogP contribution in [0.2, 0.25) is 0 Å². The molecule has 0 radical (unpaired) electrons. The number of hydrogen-bond acceptors (Lipinski definition) is 3. The first kappa shape index (κ1) is 15.8. The van der Waals surface area contributed by atoms with Gasteiger partial charge in [0, 0.05) is 12.1 Å². The molecule has 0 aliphatic rings. The van der Waals surface area contributed by atoms with Crippen LogP contribution in [0.15, 0.2) is 66.1 Å². The molecule has 0 fully saturated rings. The number of hydrogen-bond donors (Lipinski definition) is 2. The number of halogens is 1. The summed E-state index contributed by atoms with van der Waals surface area (Å²) in [6.07, 6.45) is 5.49. The van der Waals surface area contributed by atoms with E-state index in [1.54, 1.807) is 36.6 Å². The van der Waals surface area contributed by atoms with E-state index < -0.39 is 0 Å². The second-order valence-corrected chi connectivity index (χ2v) is 6.13. The number of aromatic nitrogens is 2. The topological polar surface area (TPSA) is 40.7 Å². The van der Waals surface area contributed by atoms with Gasteiger partial charge >= 0.3 is 0 Å². The van der Waals surface area contributed by atoms with Gasteiger partial charge in [-0.05, 0) is 42.0 Å². The van der Waals surface area contributed by atoms with Crippen LogP contribution >= 0.6 is 11.9 Å². The molecule has 0 bridgehead atoms. The Labute approximate surface area is 139 Å². The second-order valence-electron chi connectivity index (χ2n) is 5.19. The molecule has 1 heterocycles. The van der Waals surface area contributed by atoms with E-state index in [9.17, 15) is 4.39 Å². The van der Waals surface area contributed by atoms with Crippen molar-refractivity contribution in [1.29, 1.82) is 0 Å². The molecule has 3 aromatic rings. The molecule has 0 saturated heterocycles. The predicted molar refractivity (Wildman–Crippen MR) is 92.6 cm³/mol. The smallest absolute Gasteiger partial charge is 0.131 e. The molecule has 0 atom stereocenters. The number of aryl methyl sites for hydroxylation is 1. The number of nitrogens with one attached hydrogen (secondary N) is 2. The number of H-pyrrole nitrogens is 1. The van der Waals surface area contributed by atoms with Gasteiger partial charge in [-0.2, -0.15) is 0 Å². The Morgan fingerprint density at radius 3 is 2.65 bits per heavy atom. The number of benzene rings is 2. The van der Waals surface area contributed by atoms with Crippen LogP contribution in [-0.2, 0) is 6.42 Å². The highest BCUT2D eigenvalue weighted by Gasteiger charge is 2.03. The summed E-state index contributed by atoms with van der Waals surface area (Å²) in [6.45, 7) is 0.915. The predicted octanol–water partition coefficient (Wildman–Crippen LogP) is 4.45. The monoisotopic (exact) mass is 327 g/mol. The van der Waals surface area contributed by atoms with Crippen molar-refractivity contribution >= 4 is 11.9 Å². The Morgan fingerprint density at radius 2 is 1.91 bits per heavy atom. The molecule has 3 rings (SSSR count). The van der Waals surface area contributed by atoms with Crippen molar-refractivity contribution in [2.45, 2.75) is 17.9 Å². The third-order valence-corrected chi connectivity index (χ3v) is 4.33. The zero-order valence-electron chi connectivity index (χ0n) is 12.6. The van der Waals surface area contributed by atoms with Crippen LogP contribution in [0.3, 0.4) is 0 Å². The molecule has 0 saturated carbocycles. The molecule has 3 nitrogen and oxygen atoms in total. The van der Waals surface area contributed by atoms with Gasteiger partial charge in [0.2, 0.25) is 0 Å². The van der Waals surface area contributed by atoms with Crippen LogP contribution in [0.25, 0.3) is 11.1 Å². The first-order chi connectivity index (χ1) is 11.3. The Hall–Kier alpha value is -2.11. The number of nitrogens with zero attached hydrogens (tertiary/aromatic N) is 1. The van der Waals surface area contributed by atoms with Gasteiger partial charge in [-0.3, -0.25) is 4.72 Å². The van der Waals surface area contributed by atoms with Crippen LogP contribution < -0.4 is 4.72 Å². The summed E-state index contributed by atoms with van der Waals surface area (Å²) < 4.78 is 17.1. The molecule has 2 aromatic carbocycles. The number of rotatable bonds is 7. The van der Waals surface area contributed by atoms with E-state index in [4.69, 9.17) is 0 Å². The van der Waals surface area contributed by atoms with E-state index in [1.807, 2.05) is 18.2 Å². The van der Waals surface area contributed by atoms with Crippen LogP contribution in [0.1, 0.15) is 12.0 Å². The molecular formula is C18H18FN3S. The van der Waals surface area contributed by atoms with Crippen molar-refractivity contribution in [3.05, 3.63) is 72.4 Å². The van der Waals surface area contributed by atoms with Crippen molar-refractivity contribution in [2.24, 2.45) is 0 Å². The molecule has 0 aliphatic heterocycles. The van der Waals surface area contributed by atoms with Crippen LogP contribution in [0.4, 0.5) is 4.39 Å². The van der Waals surface area contributed by atoms with Gasteiger partial charge in [0.15, 0.2) is 0 Å². The van der Waals surface area contributed by atoms with Gasteiger partial charge in [0.1, 0.15) is 10.8 Å². The maximum atomic E-state index is 13.8. The van der Waals surface area contributed by atoms with Gasteiger partial charge in [-0.1, -0.05) is 42.5 Å². The third kappa shape index (κ3) is 4.43. The van der Waals surface area contributed by atoms with Crippen molar-refractivity contribution in [1.82, 2.24) is 14.7 Å². The first-order valence-corrected chi connectivity index (χ1v) is 8.36. The van der Waals surface area contributed by atoms with Crippen LogP contribution in [-0.4, -0.2) is 16.5 Å². The summed E-state index contributed by atoms with van der Waals surface area (Å²) in [5.74, 6) is -0.180. The van der Waals surface area contributed by atoms with Crippen molar-refractivity contribution in [3.8, 4) is 11.1 Å². The normalized spacial score (nSPS) is 10.8. The molecule has 0 amide bonds. The van der Waals surface area contributed by atoms with Crippen LogP contribution in [0.5, 0.6) is 0 Å². The molecular weight excluding hydrogens is 309 g/mol. The largest absolute Gasteiger partial charge is 0.339 e. The van der Waals surface area contributed by atoms with Gasteiger partial charge in [-0.25, -0.2) is 9.37 Å². The summed E-state index contributed by atoms with van der Waals surface area (Å²) in [5, 5.41) is 1.01. The van der Waals surface area contributed by atoms with Gasteiger partial charge < -0.3 is 4.98 Å². The lowest BCUT2D eigenvalue weighted by Gasteiger charge is -2.06. The van der Waals surface area contributed by atoms with E-state index in [1.165, 1.54) is 11.6 Å². The highest BCUT2D eigenvalue weighted by Crippen LogP contribution is 2.23. The minimum Gasteiger partial charge on any atom is -0.339 e. The molecule has 23 heavy (non-hydrogen) atoms. The fourth-order valence-electron chi connectivity index (χ4n) is 2.34. The molecule has 1 aromatic heterocycles. The minimum absolute atomic E-state index is 0.180. The molecule has 5 heteroatoms. The molecule has 118 valence electrons. The lowest BCUT2D eigenvalue weighted by molar-refractivity contribution is 0.631. The third-order valence-electron chi connectivity index (χ3n) is 3.54. The van der Waals surface area contributed by atoms with Crippen molar-refractivity contribution in [2.75, 3.05) is 6.54 Å². The average molecular weight is 327 g/mol. The molecule has 0 aliphatic carbocycles. The standard InChI is InChI=1S/C18H18FN3S/c19-17-6-2-1-5-16(17)15-9-7-14(8-10-15)4-3-11-22-23-18-12-20-13-21-18/h1-2,5-10,12-13,22H,3-4,11H2,(H,20,21). The molecule has 0 unspecified atom stereocenters. The Balaban J connectivity index is 1.47. The van der Waals surface area contributed by atoms with Crippen LogP contribution in [0, 0.1) is 5.82 Å². The maximum absolute atomic E-state index is 13.8. The average Bonchev–Trinajstić information content (AvgIpc) is 3.09. The summed E-state index contributed by atoms with van der Waals surface area (Å²) in [7, 11) is 0. The fourth-order valence-corrected chi connectivity index (χ4v) is 2.97. The summed E-state index contributed by atoms with van der Waals surface area (Å²) in [4.78, 5) is 7.00. The summed E-state index contributed by atoms with van der Waals surface area (Å²) in [5.41, 5.74) is 2.83. The van der Waals surface area contributed by atoms with Gasteiger partial charge in [0.25, 0.3) is 0 Å². The molecule has 0 spiro atoms. The zero-order valence-corrected chi connectivity index (χ0v) is 13.4. The van der Waals surface area contributed by atoms with Crippen molar-refractivity contribution < 1.29 is 4.39 Å². The Kier molecular flexibility index (Phi) is 5.45. The maximum Gasteiger partial charge on any atom is 0.131 e. The van der Waals surface area contributed by atoms with Crippen molar-refractivity contribution in [3.63, 3.8) is 0 Å². The second kappa shape index (κ2) is 7.94. The SMILES string of the molecule is Fc1ccccc1-c1ccc(CCCNSc2cnc[nH]2)cc1. The van der Waals surface area contributed by atoms with Gasteiger partial charge in [-0.15, -0.1) is 0 Å². The molecule has 2 N–H and O–H groups in total. The highest BCUT2D eigenvalue weighted by molar-refractivity contribution is 7.97. The fraction of sp³-hybridized carbons (Fsp3) is 0.167. The van der Waals surface area contributed by atoms with Gasteiger partial charge in [0.05, 0.1) is 12.5 Å². The van der Waals surface area contributed by atoms with E-state index in [0.717, 1.165) is 30.0 Å². The van der Waals surface area contributed by atoms with E-state index in [0.29, 0.717) is 5.56 Å². The number of imidazole rings is 1. The Bertz CT molecular complexity index is 726. The lowest BCUT2D eigenvalue weighted by Crippen LogP contribution is -2.06. The van der Waals surface area contributed by atoms with E-state index in [-0.39, 0.29) is 5.82 Å². The van der Waals surface area contributed by atoms with E-state index in [2.05, 4.69) is 26.8 Å². The summed E-state index contributed by atoms with van der Waals surface area (Å²) in [6, 6.07) is 15.0. The Morgan fingerprint density at radius 1 is 1.09 bits per heavy atom. The zero-order chi connectivity index (χ0) is 15.9. The summed E-state index contributed by atoms with van der Waals surface area (Å²) >= 11 is 1.55.